The van der Waals surface area contributed by atoms with Gasteiger partial charge in [0.2, 0.25) is 0 Å². The van der Waals surface area contributed by atoms with E-state index in [0.29, 0.717) is 10.0 Å². The summed E-state index contributed by atoms with van der Waals surface area (Å²) >= 11 is 11.9. The predicted molar refractivity (Wildman–Crippen MR) is 93.2 cm³/mol. The summed E-state index contributed by atoms with van der Waals surface area (Å²) in [6, 6.07) is 14.5. The molecule has 0 heterocycles. The van der Waals surface area contributed by atoms with Crippen LogP contribution in [-0.4, -0.2) is 8.07 Å². The van der Waals surface area contributed by atoms with Gasteiger partial charge in [-0.15, -0.1) is 0 Å². The van der Waals surface area contributed by atoms with E-state index in [1.165, 1.54) is 10.8 Å². The Hall–Kier alpha value is -0.963. The normalized spacial score (nSPS) is 11.4. The van der Waals surface area contributed by atoms with Crippen LogP contribution < -0.4 is 10.5 Å². The summed E-state index contributed by atoms with van der Waals surface area (Å²) in [5.74, 6) is 0. The van der Waals surface area contributed by atoms with Crippen LogP contribution in [0.5, 0.6) is 0 Å². The second kappa shape index (κ2) is 6.21. The first-order valence-corrected chi connectivity index (χ1v) is 10.9. The van der Waals surface area contributed by atoms with E-state index in [4.69, 9.17) is 23.2 Å². The number of benzene rings is 2. The van der Waals surface area contributed by atoms with Gasteiger partial charge in [0.05, 0.1) is 18.1 Å². The van der Waals surface area contributed by atoms with Crippen molar-refractivity contribution >= 4 is 42.1 Å². The van der Waals surface area contributed by atoms with Gasteiger partial charge in [-0.05, 0) is 23.8 Å². The standard InChI is InChI=1S/C16H19Cl2NSi/c1-20(2,3)14-7-4-12(5-8-14)11-19-13-6-9-15(17)16(18)10-13/h4-10,19H,11H2,1-3H3. The molecule has 0 aromatic heterocycles. The molecule has 0 aliphatic rings. The van der Waals surface area contributed by atoms with Gasteiger partial charge >= 0.3 is 0 Å². The Labute approximate surface area is 131 Å². The smallest absolute Gasteiger partial charge is 0.0775 e. The van der Waals surface area contributed by atoms with Gasteiger partial charge < -0.3 is 5.32 Å². The zero-order valence-corrected chi connectivity index (χ0v) is 14.5. The Bertz CT molecular complexity index is 588. The van der Waals surface area contributed by atoms with Crippen molar-refractivity contribution in [2.45, 2.75) is 26.2 Å². The highest BCUT2D eigenvalue weighted by atomic mass is 35.5. The quantitative estimate of drug-likeness (QED) is 0.767. The lowest BCUT2D eigenvalue weighted by atomic mass is 10.2. The van der Waals surface area contributed by atoms with Crippen molar-refractivity contribution in [3.8, 4) is 0 Å². The van der Waals surface area contributed by atoms with Gasteiger partial charge in [0.25, 0.3) is 0 Å². The van der Waals surface area contributed by atoms with E-state index in [2.05, 4.69) is 49.2 Å². The van der Waals surface area contributed by atoms with E-state index in [9.17, 15) is 0 Å². The fourth-order valence-corrected chi connectivity index (χ4v) is 3.40. The van der Waals surface area contributed by atoms with Gasteiger partial charge in [-0.25, -0.2) is 0 Å². The number of anilines is 1. The molecule has 2 aromatic carbocycles. The second-order valence-electron chi connectivity index (χ2n) is 5.93. The monoisotopic (exact) mass is 323 g/mol. The molecule has 2 aromatic rings. The first kappa shape index (κ1) is 15.4. The zero-order valence-electron chi connectivity index (χ0n) is 12.0. The molecule has 20 heavy (non-hydrogen) atoms. The number of halogens is 2. The van der Waals surface area contributed by atoms with E-state index < -0.39 is 8.07 Å². The summed E-state index contributed by atoms with van der Waals surface area (Å²) in [5.41, 5.74) is 2.24. The highest BCUT2D eigenvalue weighted by Gasteiger charge is 2.15. The summed E-state index contributed by atoms with van der Waals surface area (Å²) < 4.78 is 0. The molecule has 0 aliphatic carbocycles. The fraction of sp³-hybridized carbons (Fsp3) is 0.250. The minimum atomic E-state index is -1.21. The molecule has 0 bridgehead atoms. The predicted octanol–water partition coefficient (Wildman–Crippen LogP) is 5.15. The molecule has 1 N–H and O–H groups in total. The zero-order chi connectivity index (χ0) is 14.8. The minimum Gasteiger partial charge on any atom is -0.381 e. The third-order valence-corrected chi connectivity index (χ3v) is 6.04. The van der Waals surface area contributed by atoms with Crippen LogP contribution >= 0.6 is 23.2 Å². The van der Waals surface area contributed by atoms with Crippen molar-refractivity contribution in [2.24, 2.45) is 0 Å². The van der Waals surface area contributed by atoms with Gasteiger partial charge in [0, 0.05) is 12.2 Å². The highest BCUT2D eigenvalue weighted by Crippen LogP contribution is 2.25. The Balaban J connectivity index is 2.02. The molecular weight excluding hydrogens is 305 g/mol. The van der Waals surface area contributed by atoms with E-state index in [-0.39, 0.29) is 0 Å². The van der Waals surface area contributed by atoms with Gasteiger partial charge in [0.15, 0.2) is 0 Å². The van der Waals surface area contributed by atoms with Crippen molar-refractivity contribution in [1.29, 1.82) is 0 Å². The molecule has 0 atom stereocenters. The summed E-state index contributed by atoms with van der Waals surface area (Å²) in [6.45, 7) is 7.85. The fourth-order valence-electron chi connectivity index (χ4n) is 1.93. The lowest BCUT2D eigenvalue weighted by molar-refractivity contribution is 1.15. The van der Waals surface area contributed by atoms with Crippen LogP contribution in [0.15, 0.2) is 42.5 Å². The maximum Gasteiger partial charge on any atom is 0.0775 e. The topological polar surface area (TPSA) is 12.0 Å². The van der Waals surface area contributed by atoms with Crippen LogP contribution in [0.2, 0.25) is 29.7 Å². The van der Waals surface area contributed by atoms with Crippen molar-refractivity contribution in [1.82, 2.24) is 0 Å². The van der Waals surface area contributed by atoms with E-state index >= 15 is 0 Å². The highest BCUT2D eigenvalue weighted by molar-refractivity contribution is 6.88. The van der Waals surface area contributed by atoms with E-state index in [1.54, 1.807) is 6.07 Å². The van der Waals surface area contributed by atoms with Gasteiger partial charge in [0.1, 0.15) is 0 Å². The summed E-state index contributed by atoms with van der Waals surface area (Å²) in [6.07, 6.45) is 0. The number of nitrogens with one attached hydrogen (secondary N) is 1. The molecule has 106 valence electrons. The Kier molecular flexibility index (Phi) is 4.79. The summed E-state index contributed by atoms with van der Waals surface area (Å²) in [4.78, 5) is 0. The van der Waals surface area contributed by atoms with Crippen LogP contribution in [-0.2, 0) is 6.54 Å². The average Bonchev–Trinajstić information content (AvgIpc) is 2.40. The van der Waals surface area contributed by atoms with Crippen LogP contribution in [0.3, 0.4) is 0 Å². The van der Waals surface area contributed by atoms with Crippen LogP contribution in [0.1, 0.15) is 5.56 Å². The number of hydrogen-bond donors (Lipinski definition) is 1. The maximum atomic E-state index is 6.00. The molecule has 1 nitrogen and oxygen atoms in total. The molecular formula is C16H19Cl2NSi. The molecule has 2 rings (SSSR count). The van der Waals surface area contributed by atoms with Crippen molar-refractivity contribution in [2.75, 3.05) is 5.32 Å². The third-order valence-electron chi connectivity index (χ3n) is 3.24. The minimum absolute atomic E-state index is 0.575. The largest absolute Gasteiger partial charge is 0.381 e. The molecule has 4 heteroatoms. The molecule has 0 unspecified atom stereocenters. The lowest BCUT2D eigenvalue weighted by Gasteiger charge is -2.17. The van der Waals surface area contributed by atoms with Crippen LogP contribution in [0.25, 0.3) is 0 Å². The molecule has 0 spiro atoms. The Morgan fingerprint density at radius 1 is 0.900 bits per heavy atom. The van der Waals surface area contributed by atoms with E-state index in [0.717, 1.165) is 12.2 Å². The Morgan fingerprint density at radius 2 is 1.55 bits per heavy atom. The lowest BCUT2D eigenvalue weighted by Crippen LogP contribution is -2.37. The molecule has 0 saturated carbocycles. The molecule has 0 fully saturated rings. The summed E-state index contributed by atoms with van der Waals surface area (Å²) in [7, 11) is -1.21. The molecule has 0 radical (unpaired) electrons. The third kappa shape index (κ3) is 4.01. The second-order valence-corrected chi connectivity index (χ2v) is 11.8. The van der Waals surface area contributed by atoms with Gasteiger partial charge in [-0.3, -0.25) is 0 Å². The molecule has 0 saturated heterocycles. The van der Waals surface area contributed by atoms with Crippen molar-refractivity contribution < 1.29 is 0 Å². The van der Waals surface area contributed by atoms with Crippen molar-refractivity contribution in [3.63, 3.8) is 0 Å². The Morgan fingerprint density at radius 3 is 2.10 bits per heavy atom. The molecule has 0 amide bonds. The summed E-state index contributed by atoms with van der Waals surface area (Å²) in [5, 5.41) is 5.99. The SMILES string of the molecule is C[Si](C)(C)c1ccc(CNc2ccc(Cl)c(Cl)c2)cc1. The van der Waals surface area contributed by atoms with Crippen molar-refractivity contribution in [3.05, 3.63) is 58.1 Å². The first-order valence-electron chi connectivity index (χ1n) is 6.64. The average molecular weight is 324 g/mol. The van der Waals surface area contributed by atoms with E-state index in [1.807, 2.05) is 12.1 Å². The van der Waals surface area contributed by atoms with Crippen LogP contribution in [0.4, 0.5) is 5.69 Å². The van der Waals surface area contributed by atoms with Crippen LogP contribution in [0, 0.1) is 0 Å². The first-order chi connectivity index (χ1) is 9.36. The maximum absolute atomic E-state index is 6.00. The number of hydrogen-bond acceptors (Lipinski definition) is 1. The molecule has 0 aliphatic heterocycles. The van der Waals surface area contributed by atoms with Gasteiger partial charge in [-0.1, -0.05) is 72.3 Å². The number of rotatable bonds is 4. The van der Waals surface area contributed by atoms with Gasteiger partial charge in [-0.2, -0.15) is 0 Å².